The predicted octanol–water partition coefficient (Wildman–Crippen LogP) is 4.00. The van der Waals surface area contributed by atoms with Crippen molar-refractivity contribution >= 4 is 0 Å². The van der Waals surface area contributed by atoms with Crippen LogP contribution >= 0.6 is 0 Å². The Morgan fingerprint density at radius 3 is 2.69 bits per heavy atom. The summed E-state index contributed by atoms with van der Waals surface area (Å²) in [6, 6.07) is 11.4. The lowest BCUT2D eigenvalue weighted by molar-refractivity contribution is 0.632. The Hall–Kier alpha value is -0.780. The molecule has 1 aromatic carbocycles. The Kier molecular flexibility index (Phi) is 5.31. The van der Waals surface area contributed by atoms with Crippen molar-refractivity contribution in [2.45, 2.75) is 45.4 Å². The molecule has 0 aromatic heterocycles. The van der Waals surface area contributed by atoms with Crippen LogP contribution in [0.5, 0.6) is 0 Å². The van der Waals surface area contributed by atoms with Gasteiger partial charge in [0.25, 0.3) is 0 Å². The molecule has 0 aliphatic heterocycles. The second-order valence-electron chi connectivity index (χ2n) is 3.58. The van der Waals surface area contributed by atoms with Crippen LogP contribution in [0.2, 0.25) is 0 Å². The van der Waals surface area contributed by atoms with Gasteiger partial charge in [0, 0.05) is 0 Å². The van der Waals surface area contributed by atoms with Crippen LogP contribution < -0.4 is 0 Å². The standard InChI is InChI=1S/C13H19/c1-2-3-4-5-7-10-13-11-8-6-9-12-13/h6,8,11-12H,2-5,7,10H2,1H3. The lowest BCUT2D eigenvalue weighted by Crippen LogP contribution is -1.85. The summed E-state index contributed by atoms with van der Waals surface area (Å²) in [6.07, 6.45) is 8.05. The van der Waals surface area contributed by atoms with Crippen molar-refractivity contribution in [1.29, 1.82) is 0 Å². The molecule has 0 fully saturated rings. The van der Waals surface area contributed by atoms with E-state index in [4.69, 9.17) is 0 Å². The fraction of sp³-hybridized carbons (Fsp3) is 0.538. The fourth-order valence-electron chi connectivity index (χ4n) is 1.52. The molecule has 0 heteroatoms. The molecule has 1 radical (unpaired) electrons. The van der Waals surface area contributed by atoms with Crippen molar-refractivity contribution in [1.82, 2.24) is 0 Å². The van der Waals surface area contributed by atoms with Crippen LogP contribution in [0.25, 0.3) is 0 Å². The average Bonchev–Trinajstić information content (AvgIpc) is 2.19. The maximum absolute atomic E-state index is 3.11. The van der Waals surface area contributed by atoms with Gasteiger partial charge in [-0.2, -0.15) is 0 Å². The molecule has 13 heavy (non-hydrogen) atoms. The second-order valence-corrected chi connectivity index (χ2v) is 3.58. The van der Waals surface area contributed by atoms with E-state index in [1.807, 2.05) is 6.07 Å². The number of hydrogen-bond acceptors (Lipinski definition) is 0. The Morgan fingerprint density at radius 2 is 2.00 bits per heavy atom. The summed E-state index contributed by atoms with van der Waals surface area (Å²) in [6.45, 7) is 2.26. The van der Waals surface area contributed by atoms with Gasteiger partial charge in [-0.1, -0.05) is 56.9 Å². The molecule has 71 valence electrons. The van der Waals surface area contributed by atoms with Crippen molar-refractivity contribution in [3.05, 3.63) is 35.9 Å². The van der Waals surface area contributed by atoms with Crippen LogP contribution in [0.4, 0.5) is 0 Å². The molecule has 0 saturated carbocycles. The first-order valence-electron chi connectivity index (χ1n) is 5.38. The van der Waals surface area contributed by atoms with E-state index in [-0.39, 0.29) is 0 Å². The molecule has 0 amide bonds. The van der Waals surface area contributed by atoms with Crippen molar-refractivity contribution < 1.29 is 0 Å². The minimum Gasteiger partial charge on any atom is -0.0654 e. The zero-order valence-electron chi connectivity index (χ0n) is 8.55. The topological polar surface area (TPSA) is 0 Å². The predicted molar refractivity (Wildman–Crippen MR) is 57.7 cm³/mol. The van der Waals surface area contributed by atoms with Gasteiger partial charge in [-0.25, -0.2) is 0 Å². The third-order valence-corrected chi connectivity index (χ3v) is 2.34. The molecule has 0 atom stereocenters. The molecule has 0 aliphatic carbocycles. The third kappa shape index (κ3) is 4.72. The van der Waals surface area contributed by atoms with Gasteiger partial charge in [0.1, 0.15) is 0 Å². The van der Waals surface area contributed by atoms with Crippen LogP contribution in [0.1, 0.15) is 44.6 Å². The van der Waals surface area contributed by atoms with Gasteiger partial charge in [0.2, 0.25) is 0 Å². The first-order valence-corrected chi connectivity index (χ1v) is 5.38. The summed E-state index contributed by atoms with van der Waals surface area (Å²) >= 11 is 0. The van der Waals surface area contributed by atoms with E-state index in [2.05, 4.69) is 31.2 Å². The van der Waals surface area contributed by atoms with Crippen LogP contribution in [0.3, 0.4) is 0 Å². The molecule has 0 N–H and O–H groups in total. The van der Waals surface area contributed by atoms with Gasteiger partial charge in [-0.3, -0.25) is 0 Å². The number of benzene rings is 1. The number of unbranched alkanes of at least 4 members (excludes halogenated alkanes) is 4. The normalized spacial score (nSPS) is 10.2. The number of aryl methyl sites for hydroxylation is 1. The van der Waals surface area contributed by atoms with E-state index >= 15 is 0 Å². The summed E-state index contributed by atoms with van der Waals surface area (Å²) in [4.78, 5) is 0. The summed E-state index contributed by atoms with van der Waals surface area (Å²) in [5.74, 6) is 0. The SMILES string of the molecule is CCCCCCCc1c[c]ccc1. The summed E-state index contributed by atoms with van der Waals surface area (Å²) < 4.78 is 0. The van der Waals surface area contributed by atoms with Gasteiger partial charge < -0.3 is 0 Å². The molecule has 0 aliphatic rings. The summed E-state index contributed by atoms with van der Waals surface area (Å²) in [7, 11) is 0. The van der Waals surface area contributed by atoms with E-state index < -0.39 is 0 Å². The van der Waals surface area contributed by atoms with E-state index in [1.165, 1.54) is 44.1 Å². The van der Waals surface area contributed by atoms with E-state index in [1.54, 1.807) is 0 Å². The van der Waals surface area contributed by atoms with E-state index in [9.17, 15) is 0 Å². The Bertz CT molecular complexity index is 201. The van der Waals surface area contributed by atoms with E-state index in [0.717, 1.165) is 0 Å². The van der Waals surface area contributed by atoms with E-state index in [0.29, 0.717) is 0 Å². The largest absolute Gasteiger partial charge is 0.0654 e. The molecule has 0 spiro atoms. The molecule has 0 saturated heterocycles. The molecule has 1 rings (SSSR count). The van der Waals surface area contributed by atoms with Crippen LogP contribution in [-0.4, -0.2) is 0 Å². The molecule has 0 unspecified atom stereocenters. The first-order chi connectivity index (χ1) is 6.43. The lowest BCUT2D eigenvalue weighted by atomic mass is 10.1. The Morgan fingerprint density at radius 1 is 1.15 bits per heavy atom. The van der Waals surface area contributed by atoms with Crippen molar-refractivity contribution in [3.63, 3.8) is 0 Å². The van der Waals surface area contributed by atoms with Gasteiger partial charge in [-0.15, -0.1) is 0 Å². The highest BCUT2D eigenvalue weighted by molar-refractivity contribution is 5.13. The highest BCUT2D eigenvalue weighted by atomic mass is 14.0. The fourth-order valence-corrected chi connectivity index (χ4v) is 1.52. The van der Waals surface area contributed by atoms with Crippen LogP contribution in [0.15, 0.2) is 24.3 Å². The molecule has 0 heterocycles. The van der Waals surface area contributed by atoms with Gasteiger partial charge in [-0.05, 0) is 24.5 Å². The van der Waals surface area contributed by atoms with Crippen LogP contribution in [0, 0.1) is 6.07 Å². The Balaban J connectivity index is 2.07. The second kappa shape index (κ2) is 6.71. The number of hydrogen-bond donors (Lipinski definition) is 0. The van der Waals surface area contributed by atoms with Crippen molar-refractivity contribution in [3.8, 4) is 0 Å². The smallest absolute Gasteiger partial charge is 0.0181 e. The average molecular weight is 175 g/mol. The monoisotopic (exact) mass is 175 g/mol. The van der Waals surface area contributed by atoms with Crippen LogP contribution in [-0.2, 0) is 6.42 Å². The van der Waals surface area contributed by atoms with Crippen molar-refractivity contribution in [2.24, 2.45) is 0 Å². The summed E-state index contributed by atoms with van der Waals surface area (Å²) in [5, 5.41) is 0. The summed E-state index contributed by atoms with van der Waals surface area (Å²) in [5.41, 5.74) is 1.43. The highest BCUT2D eigenvalue weighted by Crippen LogP contribution is 2.07. The molecular formula is C13H19. The van der Waals surface area contributed by atoms with Crippen molar-refractivity contribution in [2.75, 3.05) is 0 Å². The maximum atomic E-state index is 3.11. The zero-order chi connectivity index (χ0) is 9.36. The third-order valence-electron chi connectivity index (χ3n) is 2.34. The van der Waals surface area contributed by atoms with Gasteiger partial charge >= 0.3 is 0 Å². The Labute approximate surface area is 82.0 Å². The molecule has 0 bridgehead atoms. The molecule has 1 aromatic rings. The molecule has 0 nitrogen and oxygen atoms in total. The highest BCUT2D eigenvalue weighted by Gasteiger charge is 1.91. The maximum Gasteiger partial charge on any atom is -0.0181 e. The lowest BCUT2D eigenvalue weighted by Gasteiger charge is -2.00. The minimum atomic E-state index is 1.22. The number of rotatable bonds is 6. The van der Waals surface area contributed by atoms with Gasteiger partial charge in [0.15, 0.2) is 0 Å². The zero-order valence-corrected chi connectivity index (χ0v) is 8.55. The first kappa shape index (κ1) is 10.3. The minimum absolute atomic E-state index is 1.22. The van der Waals surface area contributed by atoms with Gasteiger partial charge in [0.05, 0.1) is 0 Å². The molecular weight excluding hydrogens is 156 g/mol. The quantitative estimate of drug-likeness (QED) is 0.573.